The van der Waals surface area contributed by atoms with Gasteiger partial charge in [-0.1, -0.05) is 48.5 Å². The summed E-state index contributed by atoms with van der Waals surface area (Å²) in [6, 6.07) is 18.1. The Morgan fingerprint density at radius 3 is 2.75 bits per heavy atom. The van der Waals surface area contributed by atoms with Crippen molar-refractivity contribution >= 4 is 5.91 Å². The van der Waals surface area contributed by atoms with E-state index in [2.05, 4.69) is 34.5 Å². The molecule has 0 spiro atoms. The van der Waals surface area contributed by atoms with E-state index >= 15 is 0 Å². The van der Waals surface area contributed by atoms with Gasteiger partial charge >= 0.3 is 0 Å². The number of nitrogens with one attached hydrogen (secondary N) is 1. The van der Waals surface area contributed by atoms with Gasteiger partial charge in [-0.15, -0.1) is 0 Å². The van der Waals surface area contributed by atoms with Crippen LogP contribution in [0, 0.1) is 6.92 Å². The van der Waals surface area contributed by atoms with E-state index in [0.717, 1.165) is 50.4 Å². The van der Waals surface area contributed by atoms with Gasteiger partial charge in [0.1, 0.15) is 5.75 Å². The van der Waals surface area contributed by atoms with Crippen molar-refractivity contribution in [3.05, 3.63) is 65.7 Å². The molecule has 0 radical (unpaired) electrons. The topological polar surface area (TPSA) is 50.8 Å². The van der Waals surface area contributed by atoms with Gasteiger partial charge in [0, 0.05) is 19.6 Å². The Labute approximate surface area is 167 Å². The first-order valence-electron chi connectivity index (χ1n) is 10.1. The summed E-state index contributed by atoms with van der Waals surface area (Å²) >= 11 is 0. The molecular formula is C23H30N2O3. The molecule has 1 heterocycles. The van der Waals surface area contributed by atoms with Crippen molar-refractivity contribution in [3.8, 4) is 5.75 Å². The molecule has 2 aromatic carbocycles. The number of morpholine rings is 1. The first kappa shape index (κ1) is 20.4. The van der Waals surface area contributed by atoms with Crippen LogP contribution in [0.1, 0.15) is 30.1 Å². The maximum absolute atomic E-state index is 11.9. The van der Waals surface area contributed by atoms with E-state index in [-0.39, 0.29) is 18.6 Å². The van der Waals surface area contributed by atoms with E-state index in [9.17, 15) is 4.79 Å². The highest BCUT2D eigenvalue weighted by Gasteiger charge is 2.21. The molecule has 1 amide bonds. The number of rotatable bonds is 9. The minimum absolute atomic E-state index is 0.0626. The van der Waals surface area contributed by atoms with E-state index in [4.69, 9.17) is 9.47 Å². The molecule has 0 saturated carbocycles. The maximum Gasteiger partial charge on any atom is 0.257 e. The normalized spacial score (nSPS) is 17.2. The number of unbranched alkanes of at least 4 members (excludes halogenated alkanes) is 1. The Balaban J connectivity index is 1.28. The van der Waals surface area contributed by atoms with Gasteiger partial charge in [-0.3, -0.25) is 9.69 Å². The van der Waals surface area contributed by atoms with Crippen molar-refractivity contribution in [1.82, 2.24) is 10.2 Å². The minimum Gasteiger partial charge on any atom is -0.484 e. The second kappa shape index (κ2) is 10.8. The summed E-state index contributed by atoms with van der Waals surface area (Å²) in [4.78, 5) is 14.4. The van der Waals surface area contributed by atoms with Gasteiger partial charge in [0.05, 0.1) is 12.7 Å². The summed E-state index contributed by atoms with van der Waals surface area (Å²) in [6.07, 6.45) is 2.18. The Morgan fingerprint density at radius 2 is 1.93 bits per heavy atom. The molecule has 1 saturated heterocycles. The molecule has 1 N–H and O–H groups in total. The summed E-state index contributed by atoms with van der Waals surface area (Å²) in [7, 11) is 0. The highest BCUT2D eigenvalue weighted by molar-refractivity contribution is 5.77. The average Bonchev–Trinajstić information content (AvgIpc) is 2.74. The SMILES string of the molecule is Cc1ccccc1OCC(=O)NCCCCN1CCOC(c2ccccc2)C1. The van der Waals surface area contributed by atoms with Crippen molar-refractivity contribution in [2.45, 2.75) is 25.9 Å². The molecule has 1 aliphatic rings. The predicted octanol–water partition coefficient (Wildman–Crippen LogP) is 3.34. The van der Waals surface area contributed by atoms with Crippen molar-refractivity contribution < 1.29 is 14.3 Å². The fourth-order valence-corrected chi connectivity index (χ4v) is 3.38. The number of hydrogen-bond donors (Lipinski definition) is 1. The van der Waals surface area contributed by atoms with Gasteiger partial charge in [0.15, 0.2) is 6.61 Å². The van der Waals surface area contributed by atoms with Crippen LogP contribution in [0.25, 0.3) is 0 Å². The largest absolute Gasteiger partial charge is 0.484 e. The minimum atomic E-state index is -0.0706. The smallest absolute Gasteiger partial charge is 0.257 e. The second-order valence-corrected chi connectivity index (χ2v) is 7.18. The molecule has 5 nitrogen and oxygen atoms in total. The fourth-order valence-electron chi connectivity index (χ4n) is 3.38. The zero-order chi connectivity index (χ0) is 19.6. The van der Waals surface area contributed by atoms with Gasteiger partial charge in [0.2, 0.25) is 0 Å². The summed E-state index contributed by atoms with van der Waals surface area (Å²) in [6.45, 7) is 6.42. The quantitative estimate of drug-likeness (QED) is 0.676. The highest BCUT2D eigenvalue weighted by Crippen LogP contribution is 2.22. The maximum atomic E-state index is 11.9. The molecule has 2 aromatic rings. The number of nitrogens with zero attached hydrogens (tertiary/aromatic N) is 1. The third kappa shape index (κ3) is 6.36. The van der Waals surface area contributed by atoms with Crippen LogP contribution in [0.15, 0.2) is 54.6 Å². The molecule has 1 fully saturated rings. The number of hydrogen-bond acceptors (Lipinski definition) is 4. The molecule has 1 unspecified atom stereocenters. The Bertz CT molecular complexity index is 736. The van der Waals surface area contributed by atoms with E-state index in [1.807, 2.05) is 37.3 Å². The third-order valence-corrected chi connectivity index (χ3v) is 5.00. The Hall–Kier alpha value is -2.37. The number of para-hydroxylation sites is 1. The van der Waals surface area contributed by atoms with E-state index in [1.54, 1.807) is 0 Å². The number of aryl methyl sites for hydroxylation is 1. The highest BCUT2D eigenvalue weighted by atomic mass is 16.5. The lowest BCUT2D eigenvalue weighted by atomic mass is 10.1. The summed E-state index contributed by atoms with van der Waals surface area (Å²) in [5, 5.41) is 2.94. The zero-order valence-corrected chi connectivity index (χ0v) is 16.6. The Kier molecular flexibility index (Phi) is 7.88. The molecule has 3 rings (SSSR count). The molecular weight excluding hydrogens is 352 g/mol. The first-order chi connectivity index (χ1) is 13.7. The van der Waals surface area contributed by atoms with Crippen LogP contribution in [0.4, 0.5) is 0 Å². The summed E-state index contributed by atoms with van der Waals surface area (Å²) in [5.74, 6) is 0.691. The van der Waals surface area contributed by atoms with Gasteiger partial charge in [0.25, 0.3) is 5.91 Å². The lowest BCUT2D eigenvalue weighted by Crippen LogP contribution is -2.39. The lowest BCUT2D eigenvalue weighted by molar-refractivity contribution is -0.123. The van der Waals surface area contributed by atoms with Crippen LogP contribution in [-0.2, 0) is 9.53 Å². The number of amides is 1. The van der Waals surface area contributed by atoms with Crippen LogP contribution in [0.3, 0.4) is 0 Å². The van der Waals surface area contributed by atoms with Crippen LogP contribution in [0.2, 0.25) is 0 Å². The number of ether oxygens (including phenoxy) is 2. The monoisotopic (exact) mass is 382 g/mol. The molecule has 0 bridgehead atoms. The van der Waals surface area contributed by atoms with E-state index < -0.39 is 0 Å². The second-order valence-electron chi connectivity index (χ2n) is 7.18. The van der Waals surface area contributed by atoms with Crippen molar-refractivity contribution in [2.75, 3.05) is 39.4 Å². The van der Waals surface area contributed by atoms with Crippen LogP contribution >= 0.6 is 0 Å². The van der Waals surface area contributed by atoms with Crippen molar-refractivity contribution in [1.29, 1.82) is 0 Å². The van der Waals surface area contributed by atoms with Crippen LogP contribution in [-0.4, -0.2) is 50.2 Å². The van der Waals surface area contributed by atoms with Crippen molar-refractivity contribution in [2.24, 2.45) is 0 Å². The molecule has 1 aliphatic heterocycles. The zero-order valence-electron chi connectivity index (χ0n) is 16.6. The number of carbonyl (C=O) groups excluding carboxylic acids is 1. The molecule has 0 aliphatic carbocycles. The van der Waals surface area contributed by atoms with Crippen LogP contribution in [0.5, 0.6) is 5.75 Å². The number of benzene rings is 2. The third-order valence-electron chi connectivity index (χ3n) is 5.00. The lowest BCUT2D eigenvalue weighted by Gasteiger charge is -2.33. The standard InChI is InChI=1S/C23H30N2O3/c1-19-9-5-6-12-21(19)28-18-23(26)24-13-7-8-14-25-15-16-27-22(17-25)20-10-3-2-4-11-20/h2-6,9-12,22H,7-8,13-18H2,1H3,(H,24,26). The van der Waals surface area contributed by atoms with Gasteiger partial charge in [-0.2, -0.15) is 0 Å². The molecule has 5 heteroatoms. The molecule has 1 atom stereocenters. The van der Waals surface area contributed by atoms with Crippen LogP contribution < -0.4 is 10.1 Å². The van der Waals surface area contributed by atoms with E-state index in [0.29, 0.717) is 6.54 Å². The Morgan fingerprint density at radius 1 is 1.14 bits per heavy atom. The van der Waals surface area contributed by atoms with Crippen molar-refractivity contribution in [3.63, 3.8) is 0 Å². The molecule has 150 valence electrons. The average molecular weight is 383 g/mol. The number of carbonyl (C=O) groups is 1. The molecule has 0 aromatic heterocycles. The summed E-state index contributed by atoms with van der Waals surface area (Å²) in [5.41, 5.74) is 2.28. The molecule has 28 heavy (non-hydrogen) atoms. The van der Waals surface area contributed by atoms with Gasteiger partial charge in [-0.05, 0) is 43.5 Å². The van der Waals surface area contributed by atoms with Gasteiger partial charge in [-0.25, -0.2) is 0 Å². The predicted molar refractivity (Wildman–Crippen MR) is 110 cm³/mol. The summed E-state index contributed by atoms with van der Waals surface area (Å²) < 4.78 is 11.5. The van der Waals surface area contributed by atoms with E-state index in [1.165, 1.54) is 5.56 Å². The van der Waals surface area contributed by atoms with Gasteiger partial charge < -0.3 is 14.8 Å². The fraction of sp³-hybridized carbons (Fsp3) is 0.435. The first-order valence-corrected chi connectivity index (χ1v) is 10.1.